The molecule has 0 saturated heterocycles. The van der Waals surface area contributed by atoms with Gasteiger partial charge >= 0.3 is 0 Å². The van der Waals surface area contributed by atoms with Crippen LogP contribution in [0.5, 0.6) is 0 Å². The third-order valence-electron chi connectivity index (χ3n) is 3.41. The third-order valence-corrected chi connectivity index (χ3v) is 4.31. The molecular formula is C15H16N4O2S. The molecule has 0 spiro atoms. The Morgan fingerprint density at radius 1 is 1.41 bits per heavy atom. The highest BCUT2D eigenvalue weighted by Crippen LogP contribution is 2.26. The predicted octanol–water partition coefficient (Wildman–Crippen LogP) is 1.78. The summed E-state index contributed by atoms with van der Waals surface area (Å²) in [5.41, 5.74) is 8.34. The molecule has 2 amide bonds. The highest BCUT2D eigenvalue weighted by molar-refractivity contribution is 7.09. The first-order valence-corrected chi connectivity index (χ1v) is 7.92. The summed E-state index contributed by atoms with van der Waals surface area (Å²) < 4.78 is 0. The molecule has 6 nitrogen and oxygen atoms in total. The molecule has 0 radical (unpaired) electrons. The van der Waals surface area contributed by atoms with E-state index in [0.29, 0.717) is 30.8 Å². The molecule has 1 aliphatic heterocycles. The van der Waals surface area contributed by atoms with Gasteiger partial charge in [0.05, 0.1) is 5.01 Å². The molecule has 4 N–H and O–H groups in total. The number of aromatic nitrogens is 1. The topological polar surface area (TPSA) is 97.1 Å². The van der Waals surface area contributed by atoms with Crippen LogP contribution in [0, 0.1) is 0 Å². The monoisotopic (exact) mass is 316 g/mol. The van der Waals surface area contributed by atoms with Crippen LogP contribution in [0.3, 0.4) is 0 Å². The van der Waals surface area contributed by atoms with E-state index in [1.54, 1.807) is 11.4 Å². The fourth-order valence-corrected chi connectivity index (χ4v) is 3.09. The van der Waals surface area contributed by atoms with Crippen molar-refractivity contribution < 1.29 is 9.59 Å². The molecule has 0 fully saturated rings. The van der Waals surface area contributed by atoms with Crippen LogP contribution < -0.4 is 16.4 Å². The first kappa shape index (κ1) is 14.7. The molecule has 3 rings (SSSR count). The van der Waals surface area contributed by atoms with E-state index in [2.05, 4.69) is 15.6 Å². The number of aryl methyl sites for hydroxylation is 1. The van der Waals surface area contributed by atoms with Crippen molar-refractivity contribution in [1.82, 2.24) is 4.98 Å². The molecule has 7 heteroatoms. The number of anilines is 2. The standard InChI is InChI=1S/C15H16N4O2S/c16-6-5-14-19-12(8-22-14)15(21)17-10-3-1-9-2-4-13(20)18-11(9)7-10/h1,3,7-8H,2,4-6,16H2,(H,17,21)(H,18,20). The molecule has 1 aromatic heterocycles. The summed E-state index contributed by atoms with van der Waals surface area (Å²) in [5, 5.41) is 8.19. The average Bonchev–Trinajstić information content (AvgIpc) is 2.96. The Hall–Kier alpha value is -2.25. The van der Waals surface area contributed by atoms with E-state index in [1.807, 2.05) is 12.1 Å². The van der Waals surface area contributed by atoms with Gasteiger partial charge in [-0.2, -0.15) is 0 Å². The van der Waals surface area contributed by atoms with Crippen LogP contribution in [0.25, 0.3) is 0 Å². The molecule has 114 valence electrons. The van der Waals surface area contributed by atoms with Gasteiger partial charge in [-0.15, -0.1) is 11.3 Å². The molecule has 22 heavy (non-hydrogen) atoms. The lowest BCUT2D eigenvalue weighted by atomic mass is 10.0. The molecule has 2 heterocycles. The van der Waals surface area contributed by atoms with Gasteiger partial charge in [0.2, 0.25) is 5.91 Å². The van der Waals surface area contributed by atoms with Crippen molar-refractivity contribution in [2.45, 2.75) is 19.3 Å². The largest absolute Gasteiger partial charge is 0.330 e. The Kier molecular flexibility index (Phi) is 4.17. The summed E-state index contributed by atoms with van der Waals surface area (Å²) in [5.74, 6) is -0.261. The highest BCUT2D eigenvalue weighted by Gasteiger charge is 2.16. The van der Waals surface area contributed by atoms with E-state index in [9.17, 15) is 9.59 Å². The summed E-state index contributed by atoms with van der Waals surface area (Å²) in [4.78, 5) is 27.9. The van der Waals surface area contributed by atoms with Crippen molar-refractivity contribution in [3.63, 3.8) is 0 Å². The van der Waals surface area contributed by atoms with Gasteiger partial charge in [0.25, 0.3) is 5.91 Å². The number of hydrogen-bond acceptors (Lipinski definition) is 5. The van der Waals surface area contributed by atoms with Gasteiger partial charge in [0, 0.05) is 29.6 Å². The molecule has 1 aliphatic rings. The highest BCUT2D eigenvalue weighted by atomic mass is 32.1. The maximum Gasteiger partial charge on any atom is 0.275 e. The van der Waals surface area contributed by atoms with Crippen molar-refractivity contribution in [2.75, 3.05) is 17.2 Å². The van der Waals surface area contributed by atoms with Crippen LogP contribution in [0.2, 0.25) is 0 Å². The lowest BCUT2D eigenvalue weighted by Crippen LogP contribution is -2.19. The van der Waals surface area contributed by atoms with Crippen LogP contribution in [0.15, 0.2) is 23.6 Å². The molecule has 0 atom stereocenters. The van der Waals surface area contributed by atoms with Gasteiger partial charge in [-0.05, 0) is 30.7 Å². The van der Waals surface area contributed by atoms with Gasteiger partial charge in [-0.3, -0.25) is 9.59 Å². The van der Waals surface area contributed by atoms with Crippen molar-refractivity contribution in [3.05, 3.63) is 39.8 Å². The average molecular weight is 316 g/mol. The minimum atomic E-state index is -0.262. The lowest BCUT2D eigenvalue weighted by Gasteiger charge is -2.17. The van der Waals surface area contributed by atoms with Crippen LogP contribution in [-0.2, 0) is 17.6 Å². The number of benzene rings is 1. The predicted molar refractivity (Wildman–Crippen MR) is 86.2 cm³/mol. The minimum absolute atomic E-state index is 0.00176. The number of amides is 2. The van der Waals surface area contributed by atoms with Crippen LogP contribution in [0.1, 0.15) is 27.5 Å². The molecule has 0 unspecified atom stereocenters. The van der Waals surface area contributed by atoms with Crippen molar-refractivity contribution in [3.8, 4) is 0 Å². The van der Waals surface area contributed by atoms with Gasteiger partial charge < -0.3 is 16.4 Å². The quantitative estimate of drug-likeness (QED) is 0.801. The lowest BCUT2D eigenvalue weighted by molar-refractivity contribution is -0.116. The Morgan fingerprint density at radius 3 is 3.09 bits per heavy atom. The summed E-state index contributed by atoms with van der Waals surface area (Å²) in [6.07, 6.45) is 1.90. The minimum Gasteiger partial charge on any atom is -0.330 e. The van der Waals surface area contributed by atoms with Gasteiger partial charge in [0.1, 0.15) is 5.69 Å². The van der Waals surface area contributed by atoms with Gasteiger partial charge in [-0.25, -0.2) is 4.98 Å². The number of thiazole rings is 1. The number of rotatable bonds is 4. The molecular weight excluding hydrogens is 300 g/mol. The number of nitrogens with zero attached hydrogens (tertiary/aromatic N) is 1. The fourth-order valence-electron chi connectivity index (χ4n) is 2.30. The normalized spacial score (nSPS) is 13.4. The van der Waals surface area contributed by atoms with E-state index in [1.165, 1.54) is 11.3 Å². The summed E-state index contributed by atoms with van der Waals surface area (Å²) in [6.45, 7) is 0.513. The molecule has 0 saturated carbocycles. The number of fused-ring (bicyclic) bond motifs is 1. The van der Waals surface area contributed by atoms with Crippen molar-refractivity contribution in [1.29, 1.82) is 0 Å². The first-order valence-electron chi connectivity index (χ1n) is 7.04. The van der Waals surface area contributed by atoms with Gasteiger partial charge in [-0.1, -0.05) is 6.07 Å². The number of carbonyl (C=O) groups excluding carboxylic acids is 2. The SMILES string of the molecule is NCCc1nc(C(=O)Nc2ccc3c(c2)NC(=O)CC3)cs1. The summed E-state index contributed by atoms with van der Waals surface area (Å²) >= 11 is 1.43. The Bertz CT molecular complexity index is 726. The first-order chi connectivity index (χ1) is 10.7. The van der Waals surface area contributed by atoms with Crippen molar-refractivity contribution in [2.24, 2.45) is 5.73 Å². The van der Waals surface area contributed by atoms with E-state index < -0.39 is 0 Å². The number of nitrogens with one attached hydrogen (secondary N) is 2. The summed E-state index contributed by atoms with van der Waals surface area (Å²) in [7, 11) is 0. The fraction of sp³-hybridized carbons (Fsp3) is 0.267. The number of hydrogen-bond donors (Lipinski definition) is 3. The smallest absolute Gasteiger partial charge is 0.275 e. The number of nitrogens with two attached hydrogens (primary N) is 1. The molecule has 2 aromatic rings. The second-order valence-electron chi connectivity index (χ2n) is 5.04. The zero-order valence-corrected chi connectivity index (χ0v) is 12.7. The van der Waals surface area contributed by atoms with Crippen LogP contribution in [0.4, 0.5) is 11.4 Å². The zero-order chi connectivity index (χ0) is 15.5. The molecule has 1 aromatic carbocycles. The van der Waals surface area contributed by atoms with Gasteiger partial charge in [0.15, 0.2) is 0 Å². The maximum absolute atomic E-state index is 12.2. The maximum atomic E-state index is 12.2. The second kappa shape index (κ2) is 6.25. The van der Waals surface area contributed by atoms with Crippen molar-refractivity contribution >= 4 is 34.5 Å². The Morgan fingerprint density at radius 2 is 2.27 bits per heavy atom. The van der Waals surface area contributed by atoms with Crippen LogP contribution >= 0.6 is 11.3 Å². The molecule has 0 aliphatic carbocycles. The van der Waals surface area contributed by atoms with E-state index >= 15 is 0 Å². The Balaban J connectivity index is 1.73. The summed E-state index contributed by atoms with van der Waals surface area (Å²) in [6, 6.07) is 5.53. The third kappa shape index (κ3) is 3.15. The Labute approximate surface area is 131 Å². The second-order valence-corrected chi connectivity index (χ2v) is 5.98. The van der Waals surface area contributed by atoms with E-state index in [0.717, 1.165) is 22.7 Å². The van der Waals surface area contributed by atoms with E-state index in [4.69, 9.17) is 5.73 Å². The van der Waals surface area contributed by atoms with Crippen LogP contribution in [-0.4, -0.2) is 23.3 Å². The molecule has 0 bridgehead atoms. The van der Waals surface area contributed by atoms with E-state index in [-0.39, 0.29) is 11.8 Å². The zero-order valence-electron chi connectivity index (χ0n) is 11.9. The number of carbonyl (C=O) groups is 2.